The summed E-state index contributed by atoms with van der Waals surface area (Å²) in [7, 11) is 0. The first kappa shape index (κ1) is 8.82. The molecule has 0 saturated carbocycles. The minimum absolute atomic E-state index is 0.217. The minimum atomic E-state index is -0.217. The molecule has 1 heterocycles. The maximum Gasteiger partial charge on any atom is 0.0807 e. The summed E-state index contributed by atoms with van der Waals surface area (Å²) in [4.78, 5) is 0. The molecule has 0 spiro atoms. The van der Waals surface area contributed by atoms with Crippen LogP contribution in [0.15, 0.2) is 12.4 Å². The predicted octanol–water partition coefficient (Wildman–Crippen LogP) is 2.27. The van der Waals surface area contributed by atoms with E-state index in [1.165, 1.54) is 17.5 Å². The van der Waals surface area contributed by atoms with Crippen LogP contribution in [-0.4, -0.2) is 9.67 Å². The predicted molar refractivity (Wildman–Crippen MR) is 52.6 cm³/mol. The average molecular weight is 179 g/mol. The summed E-state index contributed by atoms with van der Waals surface area (Å²) < 4.78 is 2.17. The summed E-state index contributed by atoms with van der Waals surface area (Å²) in [6.07, 6.45) is 8.51. The van der Waals surface area contributed by atoms with Crippen LogP contribution in [0.3, 0.4) is 0 Å². The first-order chi connectivity index (χ1) is 6.31. The molecule has 2 nitrogen and oxygen atoms in total. The van der Waals surface area contributed by atoms with Crippen molar-refractivity contribution in [2.75, 3.05) is 0 Å². The van der Waals surface area contributed by atoms with Crippen molar-refractivity contribution >= 4 is 0 Å². The molecule has 0 amide bonds. The van der Waals surface area contributed by atoms with E-state index in [0.717, 1.165) is 25.8 Å². The van der Waals surface area contributed by atoms with Gasteiger partial charge in [-0.15, -0.1) is 0 Å². The van der Waals surface area contributed by atoms with Crippen molar-refractivity contribution in [2.45, 2.75) is 45.3 Å². The number of rotatable bonds is 1. The van der Waals surface area contributed by atoms with E-state index < -0.39 is 0 Å². The quantitative estimate of drug-likeness (QED) is 0.657. The Bertz CT molecular complexity index is 290. The largest absolute Gasteiger partial charge is 0.388 e. The van der Waals surface area contributed by atoms with E-state index in [0.29, 0.717) is 0 Å². The molecule has 1 aromatic heterocycles. The summed E-state index contributed by atoms with van der Waals surface area (Å²) in [6, 6.07) is 0. The zero-order valence-corrected chi connectivity index (χ0v) is 8.16. The molecule has 0 radical (unpaired) electrons. The Morgan fingerprint density at radius 1 is 1.46 bits per heavy atom. The molecule has 0 fully saturated rings. The van der Waals surface area contributed by atoms with Crippen molar-refractivity contribution in [1.82, 2.24) is 4.57 Å². The van der Waals surface area contributed by atoms with Crippen LogP contribution in [0.2, 0.25) is 0 Å². The van der Waals surface area contributed by atoms with E-state index in [-0.39, 0.29) is 6.10 Å². The molecular formula is C11H17NO. The summed E-state index contributed by atoms with van der Waals surface area (Å²) in [5.41, 5.74) is 2.52. The highest BCUT2D eigenvalue weighted by molar-refractivity contribution is 5.27. The Kier molecular flexibility index (Phi) is 2.40. The number of aromatic nitrogens is 1. The van der Waals surface area contributed by atoms with Gasteiger partial charge in [0.05, 0.1) is 6.10 Å². The fraction of sp³-hybridized carbons (Fsp3) is 0.636. The van der Waals surface area contributed by atoms with E-state index in [9.17, 15) is 5.11 Å². The highest BCUT2D eigenvalue weighted by atomic mass is 16.3. The number of nitrogens with zero attached hydrogens (tertiary/aromatic N) is 1. The highest BCUT2D eigenvalue weighted by Gasteiger charge is 2.17. The van der Waals surface area contributed by atoms with Gasteiger partial charge in [0, 0.05) is 24.5 Å². The molecule has 0 saturated heterocycles. The van der Waals surface area contributed by atoms with Gasteiger partial charge in [-0.1, -0.05) is 6.42 Å². The normalized spacial score (nSPS) is 22.5. The van der Waals surface area contributed by atoms with E-state index in [2.05, 4.69) is 23.9 Å². The number of fused-ring (bicyclic) bond motifs is 1. The molecule has 1 aliphatic carbocycles. The number of aryl methyl sites for hydroxylation is 2. The first-order valence-electron chi connectivity index (χ1n) is 5.18. The van der Waals surface area contributed by atoms with Crippen LogP contribution in [0.1, 0.15) is 43.4 Å². The summed E-state index contributed by atoms with van der Waals surface area (Å²) >= 11 is 0. The zero-order valence-electron chi connectivity index (χ0n) is 8.16. The van der Waals surface area contributed by atoms with Crippen LogP contribution in [0, 0.1) is 0 Å². The molecule has 2 rings (SSSR count). The second kappa shape index (κ2) is 3.54. The monoisotopic (exact) mass is 179 g/mol. The lowest BCUT2D eigenvalue weighted by Crippen LogP contribution is -1.95. The fourth-order valence-electron chi connectivity index (χ4n) is 2.07. The number of aliphatic hydroxyl groups is 1. The molecule has 1 atom stereocenters. The first-order valence-corrected chi connectivity index (χ1v) is 5.18. The lowest BCUT2D eigenvalue weighted by Gasteiger charge is -2.05. The Labute approximate surface area is 79.2 Å². The Hall–Kier alpha value is -0.760. The lowest BCUT2D eigenvalue weighted by molar-refractivity contribution is 0.166. The van der Waals surface area contributed by atoms with Crippen molar-refractivity contribution in [2.24, 2.45) is 0 Å². The highest BCUT2D eigenvalue weighted by Crippen LogP contribution is 2.28. The van der Waals surface area contributed by atoms with Gasteiger partial charge in [0.25, 0.3) is 0 Å². The summed E-state index contributed by atoms with van der Waals surface area (Å²) in [6.45, 7) is 3.13. The fourth-order valence-corrected chi connectivity index (χ4v) is 2.07. The van der Waals surface area contributed by atoms with E-state index in [4.69, 9.17) is 0 Å². The Morgan fingerprint density at radius 2 is 2.31 bits per heavy atom. The van der Waals surface area contributed by atoms with Crippen molar-refractivity contribution in [3.63, 3.8) is 0 Å². The second-order valence-electron chi connectivity index (χ2n) is 3.83. The van der Waals surface area contributed by atoms with Crippen molar-refractivity contribution in [3.8, 4) is 0 Å². The molecule has 13 heavy (non-hydrogen) atoms. The van der Waals surface area contributed by atoms with Gasteiger partial charge in [-0.2, -0.15) is 0 Å². The smallest absolute Gasteiger partial charge is 0.0807 e. The Morgan fingerprint density at radius 3 is 3.08 bits per heavy atom. The summed E-state index contributed by atoms with van der Waals surface area (Å²) in [5, 5.41) is 9.84. The average Bonchev–Trinajstić information content (AvgIpc) is 2.48. The van der Waals surface area contributed by atoms with Gasteiger partial charge < -0.3 is 9.67 Å². The van der Waals surface area contributed by atoms with Crippen LogP contribution in [0.25, 0.3) is 0 Å². The van der Waals surface area contributed by atoms with Gasteiger partial charge in [-0.05, 0) is 31.7 Å². The third kappa shape index (κ3) is 1.63. The molecule has 1 aliphatic rings. The molecule has 0 bridgehead atoms. The molecule has 1 N–H and O–H groups in total. The SMILES string of the molecule is CCn1cc2c(c1)C(O)CCCC2. The number of hydrogen-bond donors (Lipinski definition) is 1. The Balaban J connectivity index is 2.33. The maximum absolute atomic E-state index is 9.84. The van der Waals surface area contributed by atoms with Crippen LogP contribution in [0.4, 0.5) is 0 Å². The molecule has 2 heteroatoms. The molecule has 0 aliphatic heterocycles. The van der Waals surface area contributed by atoms with Gasteiger partial charge in [-0.25, -0.2) is 0 Å². The van der Waals surface area contributed by atoms with E-state index in [1.54, 1.807) is 0 Å². The molecule has 0 aromatic carbocycles. The molecule has 1 unspecified atom stereocenters. The van der Waals surface area contributed by atoms with Crippen molar-refractivity contribution in [3.05, 3.63) is 23.5 Å². The minimum Gasteiger partial charge on any atom is -0.388 e. The lowest BCUT2D eigenvalue weighted by atomic mass is 10.1. The molecular weight excluding hydrogens is 162 g/mol. The number of aliphatic hydroxyl groups excluding tert-OH is 1. The third-order valence-electron chi connectivity index (χ3n) is 2.90. The van der Waals surface area contributed by atoms with Gasteiger partial charge in [0.15, 0.2) is 0 Å². The van der Waals surface area contributed by atoms with Gasteiger partial charge in [0.1, 0.15) is 0 Å². The third-order valence-corrected chi connectivity index (χ3v) is 2.90. The van der Waals surface area contributed by atoms with Gasteiger partial charge in [-0.3, -0.25) is 0 Å². The van der Waals surface area contributed by atoms with Gasteiger partial charge in [0.2, 0.25) is 0 Å². The maximum atomic E-state index is 9.84. The van der Waals surface area contributed by atoms with Crippen LogP contribution in [-0.2, 0) is 13.0 Å². The second-order valence-corrected chi connectivity index (χ2v) is 3.83. The van der Waals surface area contributed by atoms with Gasteiger partial charge >= 0.3 is 0 Å². The van der Waals surface area contributed by atoms with Crippen molar-refractivity contribution in [1.29, 1.82) is 0 Å². The zero-order chi connectivity index (χ0) is 9.26. The van der Waals surface area contributed by atoms with E-state index >= 15 is 0 Å². The standard InChI is InChI=1S/C11H17NO/c1-2-12-7-9-5-3-4-6-11(13)10(9)8-12/h7-8,11,13H,2-6H2,1H3. The van der Waals surface area contributed by atoms with Crippen molar-refractivity contribution < 1.29 is 5.11 Å². The van der Waals surface area contributed by atoms with Crippen LogP contribution < -0.4 is 0 Å². The topological polar surface area (TPSA) is 25.2 Å². The molecule has 1 aromatic rings. The summed E-state index contributed by atoms with van der Waals surface area (Å²) in [5.74, 6) is 0. The molecule has 72 valence electrons. The van der Waals surface area contributed by atoms with E-state index in [1.807, 2.05) is 0 Å². The van der Waals surface area contributed by atoms with Crippen LogP contribution in [0.5, 0.6) is 0 Å². The number of hydrogen-bond acceptors (Lipinski definition) is 1. The van der Waals surface area contributed by atoms with Crippen LogP contribution >= 0.6 is 0 Å².